The summed E-state index contributed by atoms with van der Waals surface area (Å²) in [6.07, 6.45) is 2.07. The molecule has 1 aromatic rings. The van der Waals surface area contributed by atoms with Crippen LogP contribution < -0.4 is 10.6 Å². The van der Waals surface area contributed by atoms with E-state index >= 15 is 0 Å². The number of pyridine rings is 1. The van der Waals surface area contributed by atoms with E-state index in [1.54, 1.807) is 18.3 Å². The molecular formula is C18H29BrN4O3. The maximum atomic E-state index is 12.3. The van der Waals surface area contributed by atoms with Gasteiger partial charge in [-0.2, -0.15) is 0 Å². The first-order valence-electron chi connectivity index (χ1n) is 8.72. The predicted octanol–water partition coefficient (Wildman–Crippen LogP) is 3.41. The van der Waals surface area contributed by atoms with E-state index in [-0.39, 0.29) is 18.5 Å². The number of carbonyl (C=O) groups excluding carboxylic acids is 2. The van der Waals surface area contributed by atoms with Gasteiger partial charge in [0.05, 0.1) is 6.54 Å². The van der Waals surface area contributed by atoms with Crippen LogP contribution >= 0.6 is 15.9 Å². The quantitative estimate of drug-likeness (QED) is 0.662. The Hall–Kier alpha value is -1.67. The lowest BCUT2D eigenvalue weighted by molar-refractivity contribution is -0.117. The topological polar surface area (TPSA) is 83.6 Å². The van der Waals surface area contributed by atoms with Crippen LogP contribution in [0.4, 0.5) is 10.6 Å². The van der Waals surface area contributed by atoms with Gasteiger partial charge in [-0.3, -0.25) is 9.69 Å². The van der Waals surface area contributed by atoms with Crippen LogP contribution in [0.1, 0.15) is 41.0 Å². The Balaban J connectivity index is 2.53. The van der Waals surface area contributed by atoms with Gasteiger partial charge in [0.25, 0.3) is 0 Å². The first-order chi connectivity index (χ1) is 12.1. The number of carbonyl (C=O) groups is 2. The van der Waals surface area contributed by atoms with Crippen LogP contribution in [0.2, 0.25) is 0 Å². The molecule has 1 aromatic heterocycles. The highest BCUT2D eigenvalue weighted by Crippen LogP contribution is 2.12. The van der Waals surface area contributed by atoms with E-state index in [9.17, 15) is 9.59 Å². The van der Waals surface area contributed by atoms with E-state index in [4.69, 9.17) is 4.74 Å². The molecule has 0 aliphatic heterocycles. The Bertz CT molecular complexity index is 604. The van der Waals surface area contributed by atoms with Gasteiger partial charge in [0.1, 0.15) is 11.4 Å². The number of hydrogen-bond donors (Lipinski definition) is 2. The molecule has 146 valence electrons. The summed E-state index contributed by atoms with van der Waals surface area (Å²) in [5, 5.41) is 5.59. The molecule has 0 aromatic carbocycles. The van der Waals surface area contributed by atoms with Crippen molar-refractivity contribution >= 4 is 33.7 Å². The van der Waals surface area contributed by atoms with Crippen LogP contribution in [0.3, 0.4) is 0 Å². The zero-order valence-corrected chi connectivity index (χ0v) is 17.7. The molecule has 0 spiro atoms. The molecule has 7 nitrogen and oxygen atoms in total. The molecule has 1 atom stereocenters. The molecule has 0 aliphatic carbocycles. The minimum atomic E-state index is -0.538. The van der Waals surface area contributed by atoms with Crippen molar-refractivity contribution in [3.05, 3.63) is 22.8 Å². The first kappa shape index (κ1) is 22.4. The fraction of sp³-hybridized carbons (Fsp3) is 0.611. The van der Waals surface area contributed by atoms with Gasteiger partial charge in [-0.15, -0.1) is 0 Å². The second-order valence-electron chi connectivity index (χ2n) is 7.19. The standard InChI is InChI=1S/C18H29BrN4O3/c1-6-9-23(11-13(2)21-17(25)26-18(3,4)5)12-16(24)22-15-10-14(19)7-8-20-15/h7-8,10,13H,6,9,11-12H2,1-5H3,(H,21,25)(H,20,22,24)/t13-/m0/s1. The van der Waals surface area contributed by atoms with Crippen LogP contribution in [-0.4, -0.2) is 53.2 Å². The fourth-order valence-electron chi connectivity index (χ4n) is 2.35. The van der Waals surface area contributed by atoms with Gasteiger partial charge in [-0.1, -0.05) is 22.9 Å². The second-order valence-corrected chi connectivity index (χ2v) is 8.11. The summed E-state index contributed by atoms with van der Waals surface area (Å²) in [5.74, 6) is 0.356. The number of halogens is 1. The molecule has 0 bridgehead atoms. The van der Waals surface area contributed by atoms with Gasteiger partial charge in [-0.05, 0) is 52.8 Å². The molecular weight excluding hydrogens is 400 g/mol. The lowest BCUT2D eigenvalue weighted by Crippen LogP contribution is -2.46. The number of aromatic nitrogens is 1. The molecule has 0 aliphatic rings. The van der Waals surface area contributed by atoms with Crippen LogP contribution in [0, 0.1) is 0 Å². The van der Waals surface area contributed by atoms with E-state index in [0.717, 1.165) is 17.4 Å². The van der Waals surface area contributed by atoms with Gasteiger partial charge < -0.3 is 15.4 Å². The van der Waals surface area contributed by atoms with Crippen LogP contribution in [0.15, 0.2) is 22.8 Å². The average Bonchev–Trinajstić information content (AvgIpc) is 2.44. The van der Waals surface area contributed by atoms with Crippen molar-refractivity contribution in [2.24, 2.45) is 0 Å². The van der Waals surface area contributed by atoms with Gasteiger partial charge in [0.2, 0.25) is 5.91 Å². The van der Waals surface area contributed by atoms with E-state index in [0.29, 0.717) is 12.4 Å². The van der Waals surface area contributed by atoms with E-state index in [1.165, 1.54) is 0 Å². The van der Waals surface area contributed by atoms with Crippen LogP contribution in [0.5, 0.6) is 0 Å². The number of alkyl carbamates (subject to hydrolysis) is 1. The van der Waals surface area contributed by atoms with E-state index in [2.05, 4.69) is 31.5 Å². The third-order valence-corrected chi connectivity index (χ3v) is 3.68. The van der Waals surface area contributed by atoms with Crippen molar-refractivity contribution in [3.63, 3.8) is 0 Å². The largest absolute Gasteiger partial charge is 0.444 e. The van der Waals surface area contributed by atoms with Crippen molar-refractivity contribution < 1.29 is 14.3 Å². The molecule has 26 heavy (non-hydrogen) atoms. The highest BCUT2D eigenvalue weighted by Gasteiger charge is 2.19. The maximum Gasteiger partial charge on any atom is 0.407 e. The van der Waals surface area contributed by atoms with E-state index in [1.807, 2.05) is 39.5 Å². The predicted molar refractivity (Wildman–Crippen MR) is 106 cm³/mol. The Labute approximate surface area is 164 Å². The Kier molecular flexibility index (Phi) is 9.01. The summed E-state index contributed by atoms with van der Waals surface area (Å²) in [6, 6.07) is 3.39. The Morgan fingerprint density at radius 2 is 2.08 bits per heavy atom. The van der Waals surface area contributed by atoms with Gasteiger partial charge in [0, 0.05) is 23.3 Å². The summed E-state index contributed by atoms with van der Waals surface area (Å²) in [5.41, 5.74) is -0.538. The zero-order valence-electron chi connectivity index (χ0n) is 16.1. The number of amides is 2. The summed E-state index contributed by atoms with van der Waals surface area (Å²) in [4.78, 5) is 30.2. The molecule has 1 heterocycles. The second kappa shape index (κ2) is 10.5. The van der Waals surface area contributed by atoms with Crippen molar-refractivity contribution in [2.45, 2.75) is 52.7 Å². The SMILES string of the molecule is CCCN(CC(=O)Nc1cc(Br)ccn1)C[C@H](C)NC(=O)OC(C)(C)C. The normalized spacial score (nSPS) is 12.6. The van der Waals surface area contributed by atoms with Gasteiger partial charge in [0.15, 0.2) is 0 Å². The monoisotopic (exact) mass is 428 g/mol. The summed E-state index contributed by atoms with van der Waals surface area (Å²) in [6.45, 7) is 10.9. The molecule has 8 heteroatoms. The molecule has 0 saturated carbocycles. The van der Waals surface area contributed by atoms with Crippen molar-refractivity contribution in [1.82, 2.24) is 15.2 Å². The van der Waals surface area contributed by atoms with Crippen LogP contribution in [-0.2, 0) is 9.53 Å². The Morgan fingerprint density at radius 3 is 2.65 bits per heavy atom. The number of anilines is 1. The third kappa shape index (κ3) is 9.72. The smallest absolute Gasteiger partial charge is 0.407 e. The number of hydrogen-bond acceptors (Lipinski definition) is 5. The lowest BCUT2D eigenvalue weighted by Gasteiger charge is -2.26. The summed E-state index contributed by atoms with van der Waals surface area (Å²) >= 11 is 3.35. The molecule has 0 fully saturated rings. The molecule has 2 amide bonds. The highest BCUT2D eigenvalue weighted by atomic mass is 79.9. The minimum absolute atomic E-state index is 0.145. The summed E-state index contributed by atoms with van der Waals surface area (Å²) < 4.78 is 6.11. The number of nitrogens with zero attached hydrogens (tertiary/aromatic N) is 2. The number of nitrogens with one attached hydrogen (secondary N) is 2. The summed E-state index contributed by atoms with van der Waals surface area (Å²) in [7, 11) is 0. The van der Waals surface area contributed by atoms with Crippen LogP contribution in [0.25, 0.3) is 0 Å². The van der Waals surface area contributed by atoms with Gasteiger partial charge >= 0.3 is 6.09 Å². The zero-order chi connectivity index (χ0) is 19.7. The minimum Gasteiger partial charge on any atom is -0.444 e. The van der Waals surface area contributed by atoms with Crippen molar-refractivity contribution in [1.29, 1.82) is 0 Å². The molecule has 0 radical (unpaired) electrons. The highest BCUT2D eigenvalue weighted by molar-refractivity contribution is 9.10. The fourth-order valence-corrected chi connectivity index (χ4v) is 2.69. The molecule has 0 unspecified atom stereocenters. The lowest BCUT2D eigenvalue weighted by atomic mass is 10.2. The first-order valence-corrected chi connectivity index (χ1v) is 9.51. The third-order valence-electron chi connectivity index (χ3n) is 3.19. The van der Waals surface area contributed by atoms with Gasteiger partial charge in [-0.25, -0.2) is 9.78 Å². The van der Waals surface area contributed by atoms with E-state index < -0.39 is 11.7 Å². The molecule has 2 N–H and O–H groups in total. The van der Waals surface area contributed by atoms with Crippen molar-refractivity contribution in [3.8, 4) is 0 Å². The molecule has 0 saturated heterocycles. The Morgan fingerprint density at radius 1 is 1.38 bits per heavy atom. The number of ether oxygens (including phenoxy) is 1. The average molecular weight is 429 g/mol. The van der Waals surface area contributed by atoms with Crippen molar-refractivity contribution in [2.75, 3.05) is 25.0 Å². The molecule has 1 rings (SSSR count). The maximum absolute atomic E-state index is 12.3. The number of rotatable bonds is 8.